The first kappa shape index (κ1) is 13.1. The summed E-state index contributed by atoms with van der Waals surface area (Å²) in [5.74, 6) is -2.03. The lowest BCUT2D eigenvalue weighted by molar-refractivity contribution is 0.556. The summed E-state index contributed by atoms with van der Waals surface area (Å²) in [4.78, 5) is 0. The first-order valence-electron chi connectivity index (χ1n) is 5.15. The molecule has 1 unspecified atom stereocenters. The predicted octanol–water partition coefficient (Wildman–Crippen LogP) is 3.91. The maximum Gasteiger partial charge on any atom is 0.131 e. The van der Waals surface area contributed by atoms with E-state index in [2.05, 4.69) is 15.9 Å². The smallest absolute Gasteiger partial charge is 0.131 e. The Labute approximate surface area is 111 Å². The van der Waals surface area contributed by atoms with Gasteiger partial charge in [0.2, 0.25) is 0 Å². The van der Waals surface area contributed by atoms with E-state index in [1.165, 1.54) is 18.2 Å². The predicted molar refractivity (Wildman–Crippen MR) is 66.5 cm³/mol. The number of rotatable bonds is 2. The summed E-state index contributed by atoms with van der Waals surface area (Å²) in [5, 5.41) is 0. The van der Waals surface area contributed by atoms with Gasteiger partial charge in [0.05, 0.1) is 6.04 Å². The van der Waals surface area contributed by atoms with E-state index in [9.17, 15) is 13.2 Å². The maximum absolute atomic E-state index is 13.7. The molecule has 18 heavy (non-hydrogen) atoms. The molecule has 94 valence electrons. The van der Waals surface area contributed by atoms with Gasteiger partial charge in [-0.2, -0.15) is 0 Å². The van der Waals surface area contributed by atoms with Crippen molar-refractivity contribution < 1.29 is 13.2 Å². The van der Waals surface area contributed by atoms with Crippen molar-refractivity contribution in [1.29, 1.82) is 0 Å². The molecule has 5 heteroatoms. The molecule has 0 aliphatic rings. The number of benzene rings is 2. The molecule has 0 spiro atoms. The molecule has 0 radical (unpaired) electrons. The van der Waals surface area contributed by atoms with Gasteiger partial charge in [-0.1, -0.05) is 28.1 Å². The number of hydrogen-bond acceptors (Lipinski definition) is 1. The van der Waals surface area contributed by atoms with E-state index < -0.39 is 23.5 Å². The summed E-state index contributed by atoms with van der Waals surface area (Å²) in [7, 11) is 0. The summed E-state index contributed by atoms with van der Waals surface area (Å²) < 4.78 is 40.5. The highest BCUT2D eigenvalue weighted by molar-refractivity contribution is 9.10. The van der Waals surface area contributed by atoms with Crippen molar-refractivity contribution in [2.75, 3.05) is 0 Å². The highest BCUT2D eigenvalue weighted by Gasteiger charge is 2.19. The van der Waals surface area contributed by atoms with Crippen LogP contribution in [0.25, 0.3) is 0 Å². The average molecular weight is 316 g/mol. The molecule has 0 saturated heterocycles. The molecule has 0 aliphatic heterocycles. The van der Waals surface area contributed by atoms with Crippen molar-refractivity contribution >= 4 is 15.9 Å². The first-order valence-corrected chi connectivity index (χ1v) is 5.94. The minimum absolute atomic E-state index is 0.0437. The lowest BCUT2D eigenvalue weighted by atomic mass is 9.98. The Bertz CT molecular complexity index is 566. The topological polar surface area (TPSA) is 26.0 Å². The molecule has 0 bridgehead atoms. The Morgan fingerprint density at radius 1 is 1.00 bits per heavy atom. The molecule has 2 rings (SSSR count). The van der Waals surface area contributed by atoms with Gasteiger partial charge < -0.3 is 5.73 Å². The van der Waals surface area contributed by atoms with E-state index in [0.29, 0.717) is 4.47 Å². The minimum Gasteiger partial charge on any atom is -0.320 e. The van der Waals surface area contributed by atoms with Gasteiger partial charge in [-0.05, 0) is 18.2 Å². The fourth-order valence-corrected chi connectivity index (χ4v) is 2.31. The Kier molecular flexibility index (Phi) is 3.73. The fourth-order valence-electron chi connectivity index (χ4n) is 1.72. The lowest BCUT2D eigenvalue weighted by Crippen LogP contribution is -2.16. The van der Waals surface area contributed by atoms with Crippen LogP contribution >= 0.6 is 15.9 Å². The molecule has 2 aromatic rings. The third-order valence-electron chi connectivity index (χ3n) is 2.61. The van der Waals surface area contributed by atoms with Crippen LogP contribution in [0.1, 0.15) is 17.2 Å². The quantitative estimate of drug-likeness (QED) is 0.893. The Hall–Kier alpha value is -1.33. The molecule has 2 aromatic carbocycles. The summed E-state index contributed by atoms with van der Waals surface area (Å²) in [6.07, 6.45) is 0. The fraction of sp³-hybridized carbons (Fsp3) is 0.0769. The molecule has 0 heterocycles. The zero-order chi connectivity index (χ0) is 13.3. The largest absolute Gasteiger partial charge is 0.320 e. The van der Waals surface area contributed by atoms with Gasteiger partial charge in [0.1, 0.15) is 17.5 Å². The van der Waals surface area contributed by atoms with Gasteiger partial charge in [-0.25, -0.2) is 13.2 Å². The van der Waals surface area contributed by atoms with Crippen molar-refractivity contribution in [3.05, 3.63) is 69.4 Å². The Balaban J connectivity index is 2.51. The van der Waals surface area contributed by atoms with Crippen LogP contribution in [0.2, 0.25) is 0 Å². The van der Waals surface area contributed by atoms with E-state index in [1.54, 1.807) is 6.07 Å². The molecular formula is C13H9BrF3N. The van der Waals surface area contributed by atoms with Crippen LogP contribution in [0.3, 0.4) is 0 Å². The van der Waals surface area contributed by atoms with Gasteiger partial charge in [0.15, 0.2) is 0 Å². The van der Waals surface area contributed by atoms with Gasteiger partial charge >= 0.3 is 0 Å². The second kappa shape index (κ2) is 5.12. The van der Waals surface area contributed by atoms with E-state index >= 15 is 0 Å². The Morgan fingerprint density at radius 2 is 1.72 bits per heavy atom. The summed E-state index contributed by atoms with van der Waals surface area (Å²) in [6.45, 7) is 0. The highest BCUT2D eigenvalue weighted by atomic mass is 79.9. The van der Waals surface area contributed by atoms with E-state index in [-0.39, 0.29) is 11.1 Å². The molecule has 1 nitrogen and oxygen atoms in total. The van der Waals surface area contributed by atoms with Crippen LogP contribution in [-0.4, -0.2) is 0 Å². The minimum atomic E-state index is -0.999. The standard InChI is InChI=1S/C13H9BrF3N/c14-9-2-1-3-10(16)12(9)13(18)8-5-4-7(15)6-11(8)17/h1-6,13H,18H2. The first-order chi connectivity index (χ1) is 8.50. The van der Waals surface area contributed by atoms with E-state index in [1.807, 2.05) is 0 Å². The molecule has 0 aromatic heterocycles. The lowest BCUT2D eigenvalue weighted by Gasteiger charge is -2.16. The molecular weight excluding hydrogens is 307 g/mol. The molecule has 2 N–H and O–H groups in total. The van der Waals surface area contributed by atoms with Crippen LogP contribution < -0.4 is 5.73 Å². The van der Waals surface area contributed by atoms with Gasteiger partial charge in [-0.3, -0.25) is 0 Å². The highest BCUT2D eigenvalue weighted by Crippen LogP contribution is 2.30. The van der Waals surface area contributed by atoms with Crippen LogP contribution in [0.5, 0.6) is 0 Å². The van der Waals surface area contributed by atoms with E-state index in [4.69, 9.17) is 5.73 Å². The van der Waals surface area contributed by atoms with Crippen LogP contribution in [0.4, 0.5) is 13.2 Å². The Morgan fingerprint density at radius 3 is 2.33 bits per heavy atom. The number of hydrogen-bond donors (Lipinski definition) is 1. The van der Waals surface area contributed by atoms with E-state index in [0.717, 1.165) is 12.1 Å². The van der Waals surface area contributed by atoms with Crippen molar-refractivity contribution in [2.24, 2.45) is 5.73 Å². The van der Waals surface area contributed by atoms with Crippen molar-refractivity contribution in [2.45, 2.75) is 6.04 Å². The number of halogens is 4. The van der Waals surface area contributed by atoms with Gasteiger partial charge in [0, 0.05) is 21.7 Å². The van der Waals surface area contributed by atoms with Crippen LogP contribution in [0, 0.1) is 17.5 Å². The maximum atomic E-state index is 13.7. The molecule has 0 aliphatic carbocycles. The monoisotopic (exact) mass is 315 g/mol. The average Bonchev–Trinajstić information content (AvgIpc) is 2.28. The molecule has 0 saturated carbocycles. The van der Waals surface area contributed by atoms with Crippen molar-refractivity contribution in [1.82, 2.24) is 0 Å². The van der Waals surface area contributed by atoms with Crippen LogP contribution in [-0.2, 0) is 0 Å². The second-order valence-corrected chi connectivity index (χ2v) is 4.63. The summed E-state index contributed by atoms with van der Waals surface area (Å²) >= 11 is 3.17. The van der Waals surface area contributed by atoms with Crippen LogP contribution in [0.15, 0.2) is 40.9 Å². The number of nitrogens with two attached hydrogens (primary N) is 1. The normalized spacial score (nSPS) is 12.5. The second-order valence-electron chi connectivity index (χ2n) is 3.78. The van der Waals surface area contributed by atoms with Gasteiger partial charge in [0.25, 0.3) is 0 Å². The third-order valence-corrected chi connectivity index (χ3v) is 3.30. The zero-order valence-electron chi connectivity index (χ0n) is 9.13. The summed E-state index contributed by atoms with van der Waals surface area (Å²) in [5.41, 5.74) is 6.02. The SMILES string of the molecule is NC(c1ccc(F)cc1F)c1c(F)cccc1Br. The summed E-state index contributed by atoms with van der Waals surface area (Å²) in [6, 6.07) is 6.39. The van der Waals surface area contributed by atoms with Crippen molar-refractivity contribution in [3.63, 3.8) is 0 Å². The van der Waals surface area contributed by atoms with Gasteiger partial charge in [-0.15, -0.1) is 0 Å². The van der Waals surface area contributed by atoms with Crippen molar-refractivity contribution in [3.8, 4) is 0 Å². The third kappa shape index (κ3) is 2.42. The zero-order valence-corrected chi connectivity index (χ0v) is 10.7. The molecule has 0 fully saturated rings. The molecule has 1 atom stereocenters. The molecule has 0 amide bonds.